The zero-order valence-corrected chi connectivity index (χ0v) is 17.3. The Morgan fingerprint density at radius 1 is 0.833 bits per heavy atom. The predicted octanol–water partition coefficient (Wildman–Crippen LogP) is 5.14. The molecule has 0 atom stereocenters. The summed E-state index contributed by atoms with van der Waals surface area (Å²) in [6.45, 7) is 0. The average Bonchev–Trinajstić information content (AvgIpc) is 3.27. The summed E-state index contributed by atoms with van der Waals surface area (Å²) in [5.41, 5.74) is 3.24. The normalized spacial score (nSPS) is 10.5. The highest BCUT2D eigenvalue weighted by Gasteiger charge is 2.16. The minimum atomic E-state index is -0.232. The molecule has 0 radical (unpaired) electrons. The Hall–Kier alpha value is -3.71. The predicted molar refractivity (Wildman–Crippen MR) is 118 cm³/mol. The van der Waals surface area contributed by atoms with Crippen molar-refractivity contribution in [3.8, 4) is 33.2 Å². The van der Waals surface area contributed by atoms with E-state index < -0.39 is 0 Å². The molecule has 0 aliphatic carbocycles. The van der Waals surface area contributed by atoms with Gasteiger partial charge >= 0.3 is 0 Å². The van der Waals surface area contributed by atoms with Gasteiger partial charge in [-0.15, -0.1) is 10.2 Å². The first kappa shape index (κ1) is 19.6. The minimum Gasteiger partial charge on any atom is -0.493 e. The lowest BCUT2D eigenvalue weighted by atomic mass is 9.99. The number of rotatable bonds is 6. The molecular weight excluding hydrogens is 398 g/mol. The first-order chi connectivity index (χ1) is 14.7. The van der Waals surface area contributed by atoms with E-state index in [4.69, 9.17) is 9.47 Å². The first-order valence-electron chi connectivity index (χ1n) is 9.21. The van der Waals surface area contributed by atoms with E-state index in [1.54, 1.807) is 20.3 Å². The van der Waals surface area contributed by atoms with Crippen molar-refractivity contribution in [1.82, 2.24) is 10.2 Å². The molecule has 30 heavy (non-hydrogen) atoms. The SMILES string of the molecule is COc1ccc(-c2nnc(NC(=O)c3ccccc3-c3ccccc3)s2)cc1OC. The summed E-state index contributed by atoms with van der Waals surface area (Å²) >= 11 is 1.29. The van der Waals surface area contributed by atoms with Crippen molar-refractivity contribution in [3.63, 3.8) is 0 Å². The fourth-order valence-electron chi connectivity index (χ4n) is 3.07. The molecule has 1 aromatic heterocycles. The van der Waals surface area contributed by atoms with E-state index in [2.05, 4.69) is 15.5 Å². The molecule has 0 bridgehead atoms. The number of anilines is 1. The Balaban J connectivity index is 1.58. The van der Waals surface area contributed by atoms with E-state index in [0.717, 1.165) is 16.7 Å². The first-order valence-corrected chi connectivity index (χ1v) is 10.0. The Morgan fingerprint density at radius 2 is 1.57 bits per heavy atom. The molecular formula is C23H19N3O3S. The van der Waals surface area contributed by atoms with Gasteiger partial charge in [-0.05, 0) is 35.4 Å². The van der Waals surface area contributed by atoms with E-state index in [9.17, 15) is 4.79 Å². The molecule has 0 saturated heterocycles. The maximum Gasteiger partial charge on any atom is 0.258 e. The van der Waals surface area contributed by atoms with E-state index in [0.29, 0.717) is 27.2 Å². The Labute approximate surface area is 178 Å². The minimum absolute atomic E-state index is 0.232. The van der Waals surface area contributed by atoms with E-state index in [1.165, 1.54) is 11.3 Å². The van der Waals surface area contributed by atoms with Gasteiger partial charge in [0.2, 0.25) is 5.13 Å². The van der Waals surface area contributed by atoms with E-state index in [-0.39, 0.29) is 5.91 Å². The van der Waals surface area contributed by atoms with Crippen molar-refractivity contribution in [1.29, 1.82) is 0 Å². The second-order valence-electron chi connectivity index (χ2n) is 6.35. The number of benzene rings is 3. The molecule has 7 heteroatoms. The molecule has 0 unspecified atom stereocenters. The summed E-state index contributed by atoms with van der Waals surface area (Å²) in [4.78, 5) is 12.9. The van der Waals surface area contributed by atoms with E-state index >= 15 is 0 Å². The molecule has 3 aromatic carbocycles. The third-order valence-corrected chi connectivity index (χ3v) is 5.42. The topological polar surface area (TPSA) is 73.3 Å². The lowest BCUT2D eigenvalue weighted by molar-refractivity contribution is 0.102. The number of aromatic nitrogens is 2. The lowest BCUT2D eigenvalue weighted by Crippen LogP contribution is -2.13. The molecule has 0 spiro atoms. The summed E-state index contributed by atoms with van der Waals surface area (Å²) in [5.74, 6) is 1.01. The standard InChI is InChI=1S/C23H19N3O3S/c1-28-19-13-12-16(14-20(19)29-2)22-25-26-23(30-22)24-21(27)18-11-7-6-10-17(18)15-8-4-3-5-9-15/h3-14H,1-2H3,(H,24,26,27). The average molecular weight is 417 g/mol. The second-order valence-corrected chi connectivity index (χ2v) is 7.33. The van der Waals surface area contributed by atoms with Crippen molar-refractivity contribution in [2.24, 2.45) is 0 Å². The molecule has 1 amide bonds. The second kappa shape index (κ2) is 8.75. The number of hydrogen-bond donors (Lipinski definition) is 1. The van der Waals surface area contributed by atoms with Gasteiger partial charge in [0.1, 0.15) is 5.01 Å². The van der Waals surface area contributed by atoms with Crippen LogP contribution in [0.1, 0.15) is 10.4 Å². The fourth-order valence-corrected chi connectivity index (χ4v) is 3.81. The molecule has 0 aliphatic heterocycles. The lowest BCUT2D eigenvalue weighted by Gasteiger charge is -2.09. The van der Waals surface area contributed by atoms with Crippen LogP contribution in [0.2, 0.25) is 0 Å². The van der Waals surface area contributed by atoms with Gasteiger partial charge in [0.05, 0.1) is 14.2 Å². The van der Waals surface area contributed by atoms with Gasteiger partial charge in [-0.1, -0.05) is 59.9 Å². The molecule has 6 nitrogen and oxygen atoms in total. The number of nitrogens with zero attached hydrogens (tertiary/aromatic N) is 2. The molecule has 4 rings (SSSR count). The summed E-state index contributed by atoms with van der Waals surface area (Å²) < 4.78 is 10.6. The smallest absolute Gasteiger partial charge is 0.258 e. The largest absolute Gasteiger partial charge is 0.493 e. The van der Waals surface area contributed by atoms with Crippen LogP contribution in [-0.2, 0) is 0 Å². The molecule has 1 heterocycles. The van der Waals surface area contributed by atoms with Crippen molar-refractivity contribution in [2.45, 2.75) is 0 Å². The van der Waals surface area contributed by atoms with Crippen molar-refractivity contribution < 1.29 is 14.3 Å². The van der Waals surface area contributed by atoms with Crippen LogP contribution in [0.25, 0.3) is 21.7 Å². The molecule has 0 aliphatic rings. The zero-order valence-electron chi connectivity index (χ0n) is 16.5. The van der Waals surface area contributed by atoms with Gasteiger partial charge in [0, 0.05) is 11.1 Å². The quantitative estimate of drug-likeness (QED) is 0.470. The van der Waals surface area contributed by atoms with Gasteiger partial charge in [0.15, 0.2) is 11.5 Å². The van der Waals surface area contributed by atoms with Crippen LogP contribution >= 0.6 is 11.3 Å². The summed E-state index contributed by atoms with van der Waals surface area (Å²) in [5, 5.41) is 12.3. The van der Waals surface area contributed by atoms with Gasteiger partial charge in [-0.2, -0.15) is 0 Å². The highest BCUT2D eigenvalue weighted by molar-refractivity contribution is 7.18. The third-order valence-electron chi connectivity index (χ3n) is 4.53. The van der Waals surface area contributed by atoms with Crippen LogP contribution in [0.4, 0.5) is 5.13 Å². The molecule has 150 valence electrons. The zero-order chi connectivity index (χ0) is 20.9. The van der Waals surface area contributed by atoms with Crippen LogP contribution in [0.3, 0.4) is 0 Å². The van der Waals surface area contributed by atoms with Gasteiger partial charge in [-0.25, -0.2) is 0 Å². The number of carbonyl (C=O) groups excluding carboxylic acids is 1. The monoisotopic (exact) mass is 417 g/mol. The Kier molecular flexibility index (Phi) is 5.72. The maximum atomic E-state index is 12.9. The van der Waals surface area contributed by atoms with Crippen molar-refractivity contribution in [2.75, 3.05) is 19.5 Å². The van der Waals surface area contributed by atoms with Crippen LogP contribution in [-0.4, -0.2) is 30.3 Å². The maximum absolute atomic E-state index is 12.9. The molecule has 0 saturated carbocycles. The van der Waals surface area contributed by atoms with Crippen LogP contribution in [0, 0.1) is 0 Å². The van der Waals surface area contributed by atoms with Crippen LogP contribution in [0.15, 0.2) is 72.8 Å². The number of ether oxygens (including phenoxy) is 2. The molecule has 1 N–H and O–H groups in total. The summed E-state index contributed by atoms with van der Waals surface area (Å²) in [7, 11) is 3.17. The third kappa shape index (κ3) is 4.01. The molecule has 0 fully saturated rings. The highest BCUT2D eigenvalue weighted by atomic mass is 32.1. The van der Waals surface area contributed by atoms with Crippen molar-refractivity contribution in [3.05, 3.63) is 78.4 Å². The summed E-state index contributed by atoms with van der Waals surface area (Å²) in [6, 6.07) is 22.8. The van der Waals surface area contributed by atoms with E-state index in [1.807, 2.05) is 66.7 Å². The van der Waals surface area contributed by atoms with Gasteiger partial charge in [-0.3, -0.25) is 10.1 Å². The highest BCUT2D eigenvalue weighted by Crippen LogP contribution is 2.34. The van der Waals surface area contributed by atoms with Crippen LogP contribution in [0.5, 0.6) is 11.5 Å². The number of nitrogens with one attached hydrogen (secondary N) is 1. The van der Waals surface area contributed by atoms with Gasteiger partial charge < -0.3 is 9.47 Å². The van der Waals surface area contributed by atoms with Crippen LogP contribution < -0.4 is 14.8 Å². The number of carbonyl (C=O) groups is 1. The number of amides is 1. The van der Waals surface area contributed by atoms with Gasteiger partial charge in [0.25, 0.3) is 5.91 Å². The Bertz CT molecular complexity index is 1180. The Morgan fingerprint density at radius 3 is 2.33 bits per heavy atom. The fraction of sp³-hybridized carbons (Fsp3) is 0.0870. The number of hydrogen-bond acceptors (Lipinski definition) is 6. The molecule has 4 aromatic rings. The number of methoxy groups -OCH3 is 2. The summed E-state index contributed by atoms with van der Waals surface area (Å²) in [6.07, 6.45) is 0. The van der Waals surface area contributed by atoms with Crippen molar-refractivity contribution >= 4 is 22.4 Å².